The van der Waals surface area contributed by atoms with E-state index in [4.69, 9.17) is 10.5 Å². The molecule has 1 aromatic heterocycles. The predicted octanol–water partition coefficient (Wildman–Crippen LogP) is 1.25. The maximum atomic E-state index is 12.4. The standard InChI is InChI=1S/C12H19N3O2S2/c1-17-4-3-15(10-2-5-18-8-10)11(16)6-9-7-19-12(13)14-9/h7,10H,2-6,8H2,1H3,(H2,13,14). The molecule has 1 aliphatic heterocycles. The number of ether oxygens (including phenoxy) is 1. The van der Waals surface area contributed by atoms with Gasteiger partial charge < -0.3 is 15.4 Å². The summed E-state index contributed by atoms with van der Waals surface area (Å²) in [6.07, 6.45) is 1.40. The Hall–Kier alpha value is -0.790. The first-order valence-electron chi connectivity index (χ1n) is 6.26. The number of nitrogens with two attached hydrogens (primary N) is 1. The number of carbonyl (C=O) groups is 1. The molecule has 1 amide bonds. The molecule has 1 fully saturated rings. The molecule has 2 heterocycles. The van der Waals surface area contributed by atoms with Crippen molar-refractivity contribution in [1.29, 1.82) is 0 Å². The maximum absolute atomic E-state index is 12.4. The zero-order valence-electron chi connectivity index (χ0n) is 11.0. The van der Waals surface area contributed by atoms with Crippen molar-refractivity contribution in [2.45, 2.75) is 18.9 Å². The second-order valence-corrected chi connectivity index (χ2v) is 6.49. The van der Waals surface area contributed by atoms with Gasteiger partial charge in [-0.15, -0.1) is 11.3 Å². The van der Waals surface area contributed by atoms with Gasteiger partial charge in [0.2, 0.25) is 5.91 Å². The van der Waals surface area contributed by atoms with E-state index in [1.54, 1.807) is 7.11 Å². The molecule has 0 spiro atoms. The number of thiazole rings is 1. The van der Waals surface area contributed by atoms with Crippen LogP contribution >= 0.6 is 23.1 Å². The van der Waals surface area contributed by atoms with E-state index in [1.165, 1.54) is 11.3 Å². The molecule has 1 atom stereocenters. The van der Waals surface area contributed by atoms with Crippen molar-refractivity contribution in [3.8, 4) is 0 Å². The Kier molecular flexibility index (Phi) is 5.47. The largest absolute Gasteiger partial charge is 0.383 e. The fourth-order valence-electron chi connectivity index (χ4n) is 2.13. The Morgan fingerprint density at radius 3 is 3.11 bits per heavy atom. The van der Waals surface area contributed by atoms with Gasteiger partial charge in [0.1, 0.15) is 0 Å². The minimum Gasteiger partial charge on any atom is -0.383 e. The van der Waals surface area contributed by atoms with Crippen molar-refractivity contribution >= 4 is 34.1 Å². The molecular formula is C12H19N3O2S2. The molecule has 1 unspecified atom stereocenters. The van der Waals surface area contributed by atoms with E-state index in [9.17, 15) is 4.79 Å². The van der Waals surface area contributed by atoms with Crippen LogP contribution in [-0.2, 0) is 16.0 Å². The van der Waals surface area contributed by atoms with Gasteiger partial charge in [0.05, 0.1) is 18.7 Å². The lowest BCUT2D eigenvalue weighted by Gasteiger charge is -2.28. The van der Waals surface area contributed by atoms with Crippen molar-refractivity contribution in [3.05, 3.63) is 11.1 Å². The molecule has 0 bridgehead atoms. The fourth-order valence-corrected chi connectivity index (χ4v) is 3.92. The Bertz CT molecular complexity index is 419. The van der Waals surface area contributed by atoms with Gasteiger partial charge in [-0.05, 0) is 12.2 Å². The molecule has 0 radical (unpaired) electrons. The summed E-state index contributed by atoms with van der Waals surface area (Å²) in [5.41, 5.74) is 6.36. The molecule has 1 saturated heterocycles. The van der Waals surface area contributed by atoms with E-state index >= 15 is 0 Å². The van der Waals surface area contributed by atoms with Gasteiger partial charge in [-0.25, -0.2) is 4.98 Å². The van der Waals surface area contributed by atoms with Crippen LogP contribution in [0.4, 0.5) is 5.13 Å². The van der Waals surface area contributed by atoms with Crippen molar-refractivity contribution in [2.75, 3.05) is 37.5 Å². The van der Waals surface area contributed by atoms with E-state index in [2.05, 4.69) is 4.98 Å². The molecule has 2 rings (SSSR count). The summed E-state index contributed by atoms with van der Waals surface area (Å²) < 4.78 is 5.10. The van der Waals surface area contributed by atoms with E-state index in [0.29, 0.717) is 30.7 Å². The van der Waals surface area contributed by atoms with Gasteiger partial charge in [-0.3, -0.25) is 4.79 Å². The third-order valence-electron chi connectivity index (χ3n) is 3.10. The molecule has 106 valence electrons. The third kappa shape index (κ3) is 4.09. The first kappa shape index (κ1) is 14.6. The van der Waals surface area contributed by atoms with Crippen LogP contribution in [0.15, 0.2) is 5.38 Å². The second kappa shape index (κ2) is 7.12. The highest BCUT2D eigenvalue weighted by Crippen LogP contribution is 2.23. The van der Waals surface area contributed by atoms with Crippen LogP contribution in [0.5, 0.6) is 0 Å². The number of aromatic nitrogens is 1. The van der Waals surface area contributed by atoms with Crippen LogP contribution < -0.4 is 5.73 Å². The number of hydrogen-bond acceptors (Lipinski definition) is 6. The Labute approximate surface area is 121 Å². The van der Waals surface area contributed by atoms with Crippen LogP contribution in [0.3, 0.4) is 0 Å². The van der Waals surface area contributed by atoms with Crippen molar-refractivity contribution in [3.63, 3.8) is 0 Å². The minimum absolute atomic E-state index is 0.120. The van der Waals surface area contributed by atoms with Gasteiger partial charge in [0.25, 0.3) is 0 Å². The maximum Gasteiger partial charge on any atom is 0.228 e. The summed E-state index contributed by atoms with van der Waals surface area (Å²) in [7, 11) is 1.66. The number of nitrogen functional groups attached to an aromatic ring is 1. The van der Waals surface area contributed by atoms with Crippen LogP contribution in [0.25, 0.3) is 0 Å². The van der Waals surface area contributed by atoms with E-state index in [-0.39, 0.29) is 5.91 Å². The van der Waals surface area contributed by atoms with Crippen LogP contribution in [0, 0.1) is 0 Å². The normalized spacial score (nSPS) is 18.7. The highest BCUT2D eigenvalue weighted by Gasteiger charge is 2.27. The van der Waals surface area contributed by atoms with Crippen molar-refractivity contribution in [1.82, 2.24) is 9.88 Å². The van der Waals surface area contributed by atoms with E-state index in [1.807, 2.05) is 22.0 Å². The Balaban J connectivity index is 1.97. The van der Waals surface area contributed by atoms with Gasteiger partial charge >= 0.3 is 0 Å². The molecule has 2 N–H and O–H groups in total. The van der Waals surface area contributed by atoms with E-state index in [0.717, 1.165) is 23.6 Å². The number of anilines is 1. The first-order chi connectivity index (χ1) is 9.20. The Morgan fingerprint density at radius 1 is 1.68 bits per heavy atom. The summed E-state index contributed by atoms with van der Waals surface area (Å²) in [5.74, 6) is 2.27. The molecule has 5 nitrogen and oxygen atoms in total. The average molecular weight is 301 g/mol. The highest BCUT2D eigenvalue weighted by atomic mass is 32.2. The SMILES string of the molecule is COCCN(C(=O)Cc1csc(N)n1)C1CCSC1. The second-order valence-electron chi connectivity index (χ2n) is 4.45. The van der Waals surface area contributed by atoms with Crippen molar-refractivity contribution < 1.29 is 9.53 Å². The summed E-state index contributed by atoms with van der Waals surface area (Å²) >= 11 is 3.28. The summed E-state index contributed by atoms with van der Waals surface area (Å²) in [6.45, 7) is 1.23. The molecule has 1 aliphatic rings. The summed E-state index contributed by atoms with van der Waals surface area (Å²) in [6, 6.07) is 0.337. The van der Waals surface area contributed by atoms with Gasteiger partial charge in [-0.1, -0.05) is 0 Å². The lowest BCUT2D eigenvalue weighted by molar-refractivity contribution is -0.133. The predicted molar refractivity (Wildman–Crippen MR) is 79.5 cm³/mol. The molecule has 7 heteroatoms. The number of carbonyl (C=O) groups excluding carboxylic acids is 1. The van der Waals surface area contributed by atoms with Gasteiger partial charge in [-0.2, -0.15) is 11.8 Å². The highest BCUT2D eigenvalue weighted by molar-refractivity contribution is 7.99. The van der Waals surface area contributed by atoms with E-state index < -0.39 is 0 Å². The number of amides is 1. The minimum atomic E-state index is 0.120. The molecular weight excluding hydrogens is 282 g/mol. The molecule has 0 aliphatic carbocycles. The first-order valence-corrected chi connectivity index (χ1v) is 8.30. The van der Waals surface area contributed by atoms with Crippen molar-refractivity contribution in [2.24, 2.45) is 0 Å². The topological polar surface area (TPSA) is 68.5 Å². The monoisotopic (exact) mass is 301 g/mol. The van der Waals surface area contributed by atoms with Crippen LogP contribution in [-0.4, -0.2) is 53.6 Å². The number of nitrogens with zero attached hydrogens (tertiary/aromatic N) is 2. The zero-order chi connectivity index (χ0) is 13.7. The lowest BCUT2D eigenvalue weighted by Crippen LogP contribution is -2.43. The van der Waals surface area contributed by atoms with Crippen LogP contribution in [0.1, 0.15) is 12.1 Å². The summed E-state index contributed by atoms with van der Waals surface area (Å²) in [4.78, 5) is 18.5. The summed E-state index contributed by atoms with van der Waals surface area (Å²) in [5, 5.41) is 2.37. The number of methoxy groups -OCH3 is 1. The Morgan fingerprint density at radius 2 is 2.53 bits per heavy atom. The third-order valence-corrected chi connectivity index (χ3v) is 4.97. The lowest BCUT2D eigenvalue weighted by atomic mass is 10.2. The molecule has 0 saturated carbocycles. The molecule has 19 heavy (non-hydrogen) atoms. The number of rotatable bonds is 6. The van der Waals surface area contributed by atoms with Gasteiger partial charge in [0, 0.05) is 30.8 Å². The number of hydrogen-bond donors (Lipinski definition) is 1. The van der Waals surface area contributed by atoms with Crippen LogP contribution in [0.2, 0.25) is 0 Å². The van der Waals surface area contributed by atoms with Gasteiger partial charge in [0.15, 0.2) is 5.13 Å². The quantitative estimate of drug-likeness (QED) is 0.856. The average Bonchev–Trinajstić information content (AvgIpc) is 3.02. The smallest absolute Gasteiger partial charge is 0.228 e. The molecule has 1 aromatic rings. The molecule has 0 aromatic carbocycles. The zero-order valence-corrected chi connectivity index (χ0v) is 12.6. The number of thioether (sulfide) groups is 1. The fraction of sp³-hybridized carbons (Fsp3) is 0.667.